The van der Waals surface area contributed by atoms with Crippen molar-refractivity contribution in [3.8, 4) is 0 Å². The summed E-state index contributed by atoms with van der Waals surface area (Å²) in [4.78, 5) is 22.4. The van der Waals surface area contributed by atoms with Crippen LogP contribution in [0.25, 0.3) is 0 Å². The molecule has 0 bridgehead atoms. The first-order chi connectivity index (χ1) is 8.50. The van der Waals surface area contributed by atoms with Gasteiger partial charge in [-0.3, -0.25) is 9.59 Å². The molecule has 0 spiro atoms. The van der Waals surface area contributed by atoms with Gasteiger partial charge in [0.2, 0.25) is 5.91 Å². The van der Waals surface area contributed by atoms with E-state index in [1.165, 1.54) is 6.92 Å². The summed E-state index contributed by atoms with van der Waals surface area (Å²) >= 11 is 9.11. The van der Waals surface area contributed by atoms with E-state index in [1.807, 2.05) is 0 Å². The minimum absolute atomic E-state index is 0.0667. The summed E-state index contributed by atoms with van der Waals surface area (Å²) in [5.41, 5.74) is 0.547. The third kappa shape index (κ3) is 5.06. The second-order valence-electron chi connectivity index (χ2n) is 3.72. The molecule has 98 valence electrons. The van der Waals surface area contributed by atoms with E-state index in [0.717, 1.165) is 0 Å². The molecular weight excluding hydrogens is 320 g/mol. The predicted molar refractivity (Wildman–Crippen MR) is 74.8 cm³/mol. The minimum atomic E-state index is -0.157. The molecule has 1 aromatic rings. The summed E-state index contributed by atoms with van der Waals surface area (Å²) in [7, 11) is 0. The largest absolute Gasteiger partial charge is 0.356 e. The van der Waals surface area contributed by atoms with Gasteiger partial charge >= 0.3 is 0 Å². The number of amides is 2. The third-order valence-corrected chi connectivity index (χ3v) is 3.41. The van der Waals surface area contributed by atoms with Gasteiger partial charge in [0.15, 0.2) is 0 Å². The summed E-state index contributed by atoms with van der Waals surface area (Å²) in [5, 5.41) is 5.99. The van der Waals surface area contributed by atoms with Crippen LogP contribution >= 0.6 is 27.5 Å². The maximum Gasteiger partial charge on any atom is 0.251 e. The van der Waals surface area contributed by atoms with Crippen LogP contribution in [0.1, 0.15) is 23.7 Å². The van der Waals surface area contributed by atoms with Gasteiger partial charge in [-0.2, -0.15) is 0 Å². The first kappa shape index (κ1) is 15.0. The molecule has 0 heterocycles. The maximum atomic E-state index is 11.7. The van der Waals surface area contributed by atoms with E-state index in [-0.39, 0.29) is 11.8 Å². The van der Waals surface area contributed by atoms with Crippen LogP contribution in [0.5, 0.6) is 0 Å². The Hall–Kier alpha value is -1.07. The number of carbonyl (C=O) groups is 2. The molecule has 0 radical (unpaired) electrons. The fraction of sp³-hybridized carbons (Fsp3) is 0.333. The van der Waals surface area contributed by atoms with E-state index < -0.39 is 0 Å². The molecule has 0 aliphatic heterocycles. The van der Waals surface area contributed by atoms with Gasteiger partial charge in [0.05, 0.1) is 5.02 Å². The van der Waals surface area contributed by atoms with Crippen molar-refractivity contribution < 1.29 is 9.59 Å². The van der Waals surface area contributed by atoms with Crippen LogP contribution in [-0.4, -0.2) is 24.9 Å². The lowest BCUT2D eigenvalue weighted by molar-refractivity contribution is -0.118. The van der Waals surface area contributed by atoms with Crippen molar-refractivity contribution in [2.45, 2.75) is 13.3 Å². The molecule has 0 aromatic heterocycles. The number of halogens is 2. The van der Waals surface area contributed by atoms with Crippen LogP contribution in [0.4, 0.5) is 0 Å². The number of benzene rings is 1. The Morgan fingerprint density at radius 2 is 1.94 bits per heavy atom. The SMILES string of the molecule is CC(=O)NCCCNC(=O)c1ccc(Cl)c(Br)c1. The molecule has 18 heavy (non-hydrogen) atoms. The normalized spacial score (nSPS) is 9.94. The topological polar surface area (TPSA) is 58.2 Å². The molecule has 0 saturated heterocycles. The first-order valence-electron chi connectivity index (χ1n) is 5.48. The first-order valence-corrected chi connectivity index (χ1v) is 6.65. The smallest absolute Gasteiger partial charge is 0.251 e. The van der Waals surface area contributed by atoms with Crippen molar-refractivity contribution in [2.24, 2.45) is 0 Å². The lowest BCUT2D eigenvalue weighted by Crippen LogP contribution is -2.28. The van der Waals surface area contributed by atoms with Crippen molar-refractivity contribution in [3.05, 3.63) is 33.3 Å². The molecule has 0 saturated carbocycles. The number of rotatable bonds is 5. The van der Waals surface area contributed by atoms with Gasteiger partial charge in [-0.1, -0.05) is 11.6 Å². The summed E-state index contributed by atoms with van der Waals surface area (Å²) in [5.74, 6) is -0.224. The fourth-order valence-electron chi connectivity index (χ4n) is 1.29. The van der Waals surface area contributed by atoms with Gasteiger partial charge in [-0.15, -0.1) is 0 Å². The van der Waals surface area contributed by atoms with Crippen LogP contribution in [0.15, 0.2) is 22.7 Å². The number of carbonyl (C=O) groups excluding carboxylic acids is 2. The van der Waals surface area contributed by atoms with Crippen molar-refractivity contribution in [1.29, 1.82) is 0 Å². The Bertz CT molecular complexity index is 452. The highest BCUT2D eigenvalue weighted by Crippen LogP contribution is 2.23. The molecule has 1 aromatic carbocycles. The Balaban J connectivity index is 2.36. The molecule has 4 nitrogen and oxygen atoms in total. The minimum Gasteiger partial charge on any atom is -0.356 e. The Morgan fingerprint density at radius 1 is 1.28 bits per heavy atom. The zero-order valence-electron chi connectivity index (χ0n) is 9.93. The van der Waals surface area contributed by atoms with E-state index in [0.29, 0.717) is 34.6 Å². The zero-order valence-corrected chi connectivity index (χ0v) is 12.3. The summed E-state index contributed by atoms with van der Waals surface area (Å²) in [6.45, 7) is 2.53. The molecule has 6 heteroatoms. The van der Waals surface area contributed by atoms with Gasteiger partial charge in [0.25, 0.3) is 5.91 Å². The average molecular weight is 334 g/mol. The Labute approximate surface area is 119 Å². The second-order valence-corrected chi connectivity index (χ2v) is 4.98. The van der Waals surface area contributed by atoms with E-state index in [1.54, 1.807) is 18.2 Å². The molecule has 0 unspecified atom stereocenters. The number of hydrogen-bond acceptors (Lipinski definition) is 2. The number of hydrogen-bond donors (Lipinski definition) is 2. The maximum absolute atomic E-state index is 11.7. The standard InChI is InChI=1S/C12H14BrClN2O2/c1-8(17)15-5-2-6-16-12(18)9-3-4-11(14)10(13)7-9/h3-4,7H,2,5-6H2,1H3,(H,15,17)(H,16,18). The highest BCUT2D eigenvalue weighted by Gasteiger charge is 2.06. The van der Waals surface area contributed by atoms with Crippen molar-refractivity contribution in [1.82, 2.24) is 10.6 Å². The van der Waals surface area contributed by atoms with Gasteiger partial charge in [0.1, 0.15) is 0 Å². The summed E-state index contributed by atoms with van der Waals surface area (Å²) < 4.78 is 0.690. The van der Waals surface area contributed by atoms with Gasteiger partial charge < -0.3 is 10.6 Å². The predicted octanol–water partition coefficient (Wildman–Crippen LogP) is 2.36. The molecule has 0 aliphatic carbocycles. The van der Waals surface area contributed by atoms with Crippen molar-refractivity contribution in [2.75, 3.05) is 13.1 Å². The fourth-order valence-corrected chi connectivity index (χ4v) is 1.79. The van der Waals surface area contributed by atoms with Crippen molar-refractivity contribution >= 4 is 39.3 Å². The zero-order chi connectivity index (χ0) is 13.5. The van der Waals surface area contributed by atoms with Crippen LogP contribution < -0.4 is 10.6 Å². The van der Waals surface area contributed by atoms with Gasteiger partial charge in [0, 0.05) is 30.0 Å². The van der Waals surface area contributed by atoms with E-state index in [4.69, 9.17) is 11.6 Å². The molecular formula is C12H14BrClN2O2. The molecule has 0 atom stereocenters. The quantitative estimate of drug-likeness (QED) is 0.813. The highest BCUT2D eigenvalue weighted by molar-refractivity contribution is 9.10. The van der Waals surface area contributed by atoms with E-state index in [2.05, 4.69) is 26.6 Å². The molecule has 2 N–H and O–H groups in total. The molecule has 1 rings (SSSR count). The summed E-state index contributed by atoms with van der Waals surface area (Å²) in [6.07, 6.45) is 0.695. The van der Waals surface area contributed by atoms with Crippen LogP contribution in [-0.2, 0) is 4.79 Å². The molecule has 2 amide bonds. The Morgan fingerprint density at radius 3 is 2.56 bits per heavy atom. The van der Waals surface area contributed by atoms with Crippen LogP contribution in [0.2, 0.25) is 5.02 Å². The van der Waals surface area contributed by atoms with E-state index >= 15 is 0 Å². The van der Waals surface area contributed by atoms with Gasteiger partial charge in [-0.25, -0.2) is 0 Å². The monoisotopic (exact) mass is 332 g/mol. The highest BCUT2D eigenvalue weighted by atomic mass is 79.9. The third-order valence-electron chi connectivity index (χ3n) is 2.19. The van der Waals surface area contributed by atoms with E-state index in [9.17, 15) is 9.59 Å². The summed E-state index contributed by atoms with van der Waals surface area (Å²) in [6, 6.07) is 5.00. The second kappa shape index (κ2) is 7.38. The lowest BCUT2D eigenvalue weighted by atomic mass is 10.2. The van der Waals surface area contributed by atoms with Gasteiger partial charge in [-0.05, 0) is 40.5 Å². The number of nitrogens with one attached hydrogen (secondary N) is 2. The van der Waals surface area contributed by atoms with Crippen LogP contribution in [0, 0.1) is 0 Å². The van der Waals surface area contributed by atoms with Crippen LogP contribution in [0.3, 0.4) is 0 Å². The van der Waals surface area contributed by atoms with Crippen molar-refractivity contribution in [3.63, 3.8) is 0 Å². The average Bonchev–Trinajstić information content (AvgIpc) is 2.31. The lowest BCUT2D eigenvalue weighted by Gasteiger charge is -2.06. The molecule has 0 fully saturated rings. The molecule has 0 aliphatic rings. The Kier molecular flexibility index (Phi) is 6.15.